The highest BCUT2D eigenvalue weighted by atomic mass is 16.7. The molecule has 4 heteroatoms. The molecule has 4 nitrogen and oxygen atoms in total. The summed E-state index contributed by atoms with van der Waals surface area (Å²) < 4.78 is 5.36. The molecule has 1 rings (SSSR count). The zero-order chi connectivity index (χ0) is 12.0. The minimum atomic E-state index is -0.218. The summed E-state index contributed by atoms with van der Waals surface area (Å²) in [6.07, 6.45) is 0.948. The van der Waals surface area contributed by atoms with Crippen LogP contribution in [0.5, 0.6) is 5.75 Å². The van der Waals surface area contributed by atoms with Crippen LogP contribution >= 0.6 is 0 Å². The quantitative estimate of drug-likeness (QED) is 0.712. The van der Waals surface area contributed by atoms with Gasteiger partial charge in [-0.2, -0.15) is 0 Å². The first kappa shape index (κ1) is 12.5. The third kappa shape index (κ3) is 3.55. The van der Waals surface area contributed by atoms with Crippen LogP contribution in [0.1, 0.15) is 12.5 Å². The van der Waals surface area contributed by atoms with E-state index in [1.165, 1.54) is 12.7 Å². The van der Waals surface area contributed by atoms with Crippen molar-refractivity contribution in [1.82, 2.24) is 5.06 Å². The first-order chi connectivity index (χ1) is 7.67. The van der Waals surface area contributed by atoms with Crippen LogP contribution in [0.2, 0.25) is 0 Å². The van der Waals surface area contributed by atoms with Crippen LogP contribution in [-0.2, 0) is 16.1 Å². The maximum atomic E-state index is 11.4. The number of likely N-dealkylation sites (N-methyl/N-ethyl adjacent to an activating group) is 1. The molecule has 0 aromatic heterocycles. The molecule has 0 saturated carbocycles. The van der Waals surface area contributed by atoms with Gasteiger partial charge in [-0.1, -0.05) is 19.1 Å². The van der Waals surface area contributed by atoms with Gasteiger partial charge < -0.3 is 4.74 Å². The highest BCUT2D eigenvalue weighted by molar-refractivity contribution is 5.76. The molecule has 0 saturated heterocycles. The summed E-state index contributed by atoms with van der Waals surface area (Å²) >= 11 is 0. The number of hydrogen-bond donors (Lipinski definition) is 0. The second kappa shape index (κ2) is 6.12. The van der Waals surface area contributed by atoms with E-state index in [4.69, 9.17) is 9.57 Å². The summed E-state index contributed by atoms with van der Waals surface area (Å²) in [5, 5.41) is 1.14. The molecular weight excluding hydrogens is 206 g/mol. The van der Waals surface area contributed by atoms with E-state index in [1.807, 2.05) is 24.3 Å². The molecule has 1 aromatic carbocycles. The van der Waals surface area contributed by atoms with E-state index in [2.05, 4.69) is 6.92 Å². The van der Waals surface area contributed by atoms with Crippen molar-refractivity contribution >= 4 is 5.91 Å². The number of aryl methyl sites for hydroxylation is 1. The van der Waals surface area contributed by atoms with Crippen LogP contribution in [0.15, 0.2) is 24.3 Å². The molecule has 0 fully saturated rings. The Kier molecular flexibility index (Phi) is 4.79. The van der Waals surface area contributed by atoms with Crippen LogP contribution in [0, 0.1) is 0 Å². The average Bonchev–Trinajstić information content (AvgIpc) is 2.35. The van der Waals surface area contributed by atoms with E-state index in [0.29, 0.717) is 5.75 Å². The molecule has 0 atom stereocenters. The third-order valence-electron chi connectivity index (χ3n) is 2.29. The molecule has 1 amide bonds. The minimum absolute atomic E-state index is 0.0164. The van der Waals surface area contributed by atoms with Gasteiger partial charge in [0.2, 0.25) is 0 Å². The molecule has 0 radical (unpaired) electrons. The van der Waals surface area contributed by atoms with Crippen LogP contribution in [0.3, 0.4) is 0 Å². The maximum absolute atomic E-state index is 11.4. The van der Waals surface area contributed by atoms with Crippen LogP contribution in [0.4, 0.5) is 0 Å². The highest BCUT2D eigenvalue weighted by Gasteiger charge is 2.08. The van der Waals surface area contributed by atoms with Gasteiger partial charge in [-0.15, -0.1) is 0 Å². The van der Waals surface area contributed by atoms with E-state index < -0.39 is 0 Å². The molecule has 0 spiro atoms. The Labute approximate surface area is 95.7 Å². The molecule has 16 heavy (non-hydrogen) atoms. The van der Waals surface area contributed by atoms with Crippen molar-refractivity contribution in [3.8, 4) is 5.75 Å². The Bertz CT molecular complexity index is 352. The first-order valence-corrected chi connectivity index (χ1v) is 5.19. The summed E-state index contributed by atoms with van der Waals surface area (Å²) in [6, 6.07) is 7.70. The lowest BCUT2D eigenvalue weighted by Crippen LogP contribution is -2.30. The number of benzene rings is 1. The average molecular weight is 223 g/mol. The van der Waals surface area contributed by atoms with E-state index in [1.54, 1.807) is 7.05 Å². The first-order valence-electron chi connectivity index (χ1n) is 5.19. The summed E-state index contributed by atoms with van der Waals surface area (Å²) in [4.78, 5) is 16.1. The molecule has 0 aliphatic rings. The van der Waals surface area contributed by atoms with Crippen molar-refractivity contribution in [3.63, 3.8) is 0 Å². The van der Waals surface area contributed by atoms with Crippen molar-refractivity contribution in [1.29, 1.82) is 0 Å². The number of rotatable bonds is 5. The maximum Gasteiger partial charge on any atom is 0.283 e. The van der Waals surface area contributed by atoms with Crippen molar-refractivity contribution in [3.05, 3.63) is 29.8 Å². The predicted molar refractivity (Wildman–Crippen MR) is 61.1 cm³/mol. The van der Waals surface area contributed by atoms with E-state index >= 15 is 0 Å². The van der Waals surface area contributed by atoms with Gasteiger partial charge in [0.15, 0.2) is 6.61 Å². The molecule has 0 bridgehead atoms. The number of ether oxygens (including phenoxy) is 1. The number of hydrogen-bond acceptors (Lipinski definition) is 3. The molecule has 0 heterocycles. The zero-order valence-corrected chi connectivity index (χ0v) is 9.90. The Morgan fingerprint density at radius 2 is 2.19 bits per heavy atom. The molecule has 0 aliphatic heterocycles. The van der Waals surface area contributed by atoms with Gasteiger partial charge in [0, 0.05) is 7.05 Å². The topological polar surface area (TPSA) is 38.8 Å². The highest BCUT2D eigenvalue weighted by Crippen LogP contribution is 2.13. The molecule has 88 valence electrons. The summed E-state index contributed by atoms with van der Waals surface area (Å²) in [5.41, 5.74) is 1.19. The Balaban J connectivity index is 2.51. The monoisotopic (exact) mass is 223 g/mol. The van der Waals surface area contributed by atoms with Crippen LogP contribution in [0.25, 0.3) is 0 Å². The largest absolute Gasteiger partial charge is 0.484 e. The summed E-state index contributed by atoms with van der Waals surface area (Å²) in [6.45, 7) is 2.06. The minimum Gasteiger partial charge on any atom is -0.484 e. The van der Waals surface area contributed by atoms with Crippen molar-refractivity contribution < 1.29 is 14.4 Å². The van der Waals surface area contributed by atoms with E-state index in [9.17, 15) is 4.79 Å². The lowest BCUT2D eigenvalue weighted by molar-refractivity contribution is -0.170. The second-order valence-electron chi connectivity index (χ2n) is 3.36. The fourth-order valence-electron chi connectivity index (χ4n) is 1.19. The zero-order valence-electron chi connectivity index (χ0n) is 9.90. The number of hydroxylamine groups is 2. The van der Waals surface area contributed by atoms with Gasteiger partial charge in [-0.05, 0) is 24.1 Å². The van der Waals surface area contributed by atoms with Crippen molar-refractivity contribution in [2.24, 2.45) is 0 Å². The lowest BCUT2D eigenvalue weighted by atomic mass is 10.2. The van der Waals surface area contributed by atoms with Crippen LogP contribution < -0.4 is 4.74 Å². The molecule has 0 aliphatic carbocycles. The number of amides is 1. The van der Waals surface area contributed by atoms with E-state index in [0.717, 1.165) is 11.5 Å². The van der Waals surface area contributed by atoms with Gasteiger partial charge in [-0.25, -0.2) is 5.06 Å². The van der Waals surface area contributed by atoms with E-state index in [-0.39, 0.29) is 12.5 Å². The lowest BCUT2D eigenvalue weighted by Gasteiger charge is -2.14. The smallest absolute Gasteiger partial charge is 0.283 e. The molecular formula is C12H17NO3. The number of nitrogens with zero attached hydrogens (tertiary/aromatic N) is 1. The SMILES string of the molecule is CCc1cccc(OCC(=O)N(C)OC)c1. The fraction of sp³-hybridized carbons (Fsp3) is 0.417. The summed E-state index contributed by atoms with van der Waals surface area (Å²) in [7, 11) is 2.99. The van der Waals surface area contributed by atoms with Crippen molar-refractivity contribution in [2.75, 3.05) is 20.8 Å². The van der Waals surface area contributed by atoms with Gasteiger partial charge in [0.05, 0.1) is 7.11 Å². The molecule has 0 unspecified atom stereocenters. The standard InChI is InChI=1S/C12H17NO3/c1-4-10-6-5-7-11(8-10)16-9-12(14)13(2)15-3/h5-8H,4,9H2,1-3H3. The van der Waals surface area contributed by atoms with Gasteiger partial charge in [0.25, 0.3) is 5.91 Å². The molecule has 0 N–H and O–H groups in total. The van der Waals surface area contributed by atoms with Crippen molar-refractivity contribution in [2.45, 2.75) is 13.3 Å². The summed E-state index contributed by atoms with van der Waals surface area (Å²) in [5.74, 6) is 0.488. The van der Waals surface area contributed by atoms with Gasteiger partial charge >= 0.3 is 0 Å². The number of carbonyl (C=O) groups excluding carboxylic acids is 1. The normalized spacial score (nSPS) is 9.94. The van der Waals surface area contributed by atoms with Gasteiger partial charge in [-0.3, -0.25) is 9.63 Å². The second-order valence-corrected chi connectivity index (χ2v) is 3.36. The Morgan fingerprint density at radius 3 is 2.81 bits per heavy atom. The Morgan fingerprint density at radius 1 is 1.44 bits per heavy atom. The molecule has 1 aromatic rings. The van der Waals surface area contributed by atoms with Gasteiger partial charge in [0.1, 0.15) is 5.75 Å². The predicted octanol–water partition coefficient (Wildman–Crippen LogP) is 1.65. The number of carbonyl (C=O) groups is 1. The fourth-order valence-corrected chi connectivity index (χ4v) is 1.19. The Hall–Kier alpha value is -1.55. The van der Waals surface area contributed by atoms with Crippen LogP contribution in [-0.4, -0.2) is 31.7 Å². The third-order valence-corrected chi connectivity index (χ3v) is 2.29.